The van der Waals surface area contributed by atoms with Gasteiger partial charge in [-0.05, 0) is 101 Å². The van der Waals surface area contributed by atoms with E-state index >= 15 is 0 Å². The van der Waals surface area contributed by atoms with Crippen molar-refractivity contribution in [3.05, 3.63) is 47.7 Å². The van der Waals surface area contributed by atoms with E-state index in [0.717, 1.165) is 62.9 Å². The molecule has 206 valence electrons. The average Bonchev–Trinajstić information content (AvgIpc) is 2.87. The molecule has 1 aromatic carbocycles. The van der Waals surface area contributed by atoms with Crippen molar-refractivity contribution in [2.45, 2.75) is 70.6 Å². The van der Waals surface area contributed by atoms with Crippen LogP contribution in [0.4, 0.5) is 4.39 Å². The Morgan fingerprint density at radius 3 is 2.62 bits per heavy atom. The van der Waals surface area contributed by atoms with Gasteiger partial charge in [0.2, 0.25) is 0 Å². The Balaban J connectivity index is 1.49. The number of allylic oxidation sites excluding steroid dienone is 3. The Kier molecular flexibility index (Phi) is 10.9. The van der Waals surface area contributed by atoms with E-state index in [4.69, 9.17) is 4.74 Å². The lowest BCUT2D eigenvalue weighted by Crippen LogP contribution is -2.42. The van der Waals surface area contributed by atoms with E-state index in [1.807, 2.05) is 12.1 Å². The van der Waals surface area contributed by atoms with Crippen molar-refractivity contribution in [3.63, 3.8) is 0 Å². The third kappa shape index (κ3) is 7.97. The Labute approximate surface area is 220 Å². The number of alkyl halides is 1. The van der Waals surface area contributed by atoms with Gasteiger partial charge in [0.05, 0.1) is 19.2 Å². The number of aromatic hydroxyl groups is 1. The largest absolute Gasteiger partial charge is 0.508 e. The second kappa shape index (κ2) is 13.8. The van der Waals surface area contributed by atoms with Gasteiger partial charge in [-0.25, -0.2) is 0 Å². The molecular weight excluding hydrogens is 473 g/mol. The van der Waals surface area contributed by atoms with Crippen molar-refractivity contribution in [2.75, 3.05) is 33.4 Å². The van der Waals surface area contributed by atoms with E-state index in [1.165, 1.54) is 0 Å². The number of phenols is 1. The predicted octanol–water partition coefficient (Wildman–Crippen LogP) is 6.62. The maximum Gasteiger partial charge on any atom is 0.306 e. The Morgan fingerprint density at radius 1 is 1.16 bits per heavy atom. The molecule has 3 rings (SSSR count). The summed E-state index contributed by atoms with van der Waals surface area (Å²) < 4.78 is 18.5. The van der Waals surface area contributed by atoms with Gasteiger partial charge >= 0.3 is 5.97 Å². The fourth-order valence-electron chi connectivity index (χ4n) is 5.92. The number of hydrogen-bond acceptors (Lipinski definition) is 5. The van der Waals surface area contributed by atoms with Crippen molar-refractivity contribution in [1.82, 2.24) is 4.90 Å². The highest BCUT2D eigenvalue weighted by Crippen LogP contribution is 2.53. The molecular formula is C30H44FNO5. The van der Waals surface area contributed by atoms with Gasteiger partial charge in [-0.3, -0.25) is 9.18 Å². The summed E-state index contributed by atoms with van der Waals surface area (Å²) >= 11 is 0. The quantitative estimate of drug-likeness (QED) is 0.227. The number of halogens is 1. The van der Waals surface area contributed by atoms with Gasteiger partial charge in [0.15, 0.2) is 0 Å². The van der Waals surface area contributed by atoms with Crippen molar-refractivity contribution in [2.24, 2.45) is 17.3 Å². The second-order valence-corrected chi connectivity index (χ2v) is 11.1. The number of carboxylic acid groups (broad SMARTS) is 1. The molecule has 1 aliphatic carbocycles. The van der Waals surface area contributed by atoms with Gasteiger partial charge in [-0.1, -0.05) is 31.9 Å². The zero-order valence-corrected chi connectivity index (χ0v) is 22.4. The fraction of sp³-hybridized carbons (Fsp3) is 0.633. The van der Waals surface area contributed by atoms with Gasteiger partial charge in [0.1, 0.15) is 17.3 Å². The zero-order chi connectivity index (χ0) is 26.8. The van der Waals surface area contributed by atoms with E-state index in [0.29, 0.717) is 31.6 Å². The monoisotopic (exact) mass is 517 g/mol. The van der Waals surface area contributed by atoms with Gasteiger partial charge in [-0.15, -0.1) is 0 Å². The molecule has 7 heteroatoms. The molecule has 1 heterocycles. The molecule has 6 nitrogen and oxygen atoms in total. The van der Waals surface area contributed by atoms with E-state index in [-0.39, 0.29) is 23.0 Å². The number of nitrogens with zero attached hydrogens (tertiary/aromatic N) is 1. The average molecular weight is 518 g/mol. The van der Waals surface area contributed by atoms with Gasteiger partial charge < -0.3 is 25.0 Å². The molecule has 1 aromatic rings. The summed E-state index contributed by atoms with van der Waals surface area (Å²) in [6.07, 6.45) is 13.0. The first-order chi connectivity index (χ1) is 17.7. The number of benzene rings is 1. The minimum atomic E-state index is -0.815. The van der Waals surface area contributed by atoms with Crippen molar-refractivity contribution < 1.29 is 29.2 Å². The van der Waals surface area contributed by atoms with E-state index < -0.39 is 18.6 Å². The minimum absolute atomic E-state index is 0.114. The number of rotatable bonds is 15. The standard InChI is InChI=1S/C30H44FNO5/c1-30(23-11-13-24(33)14-12-23)21-37-28-20-25(34)15-16-26(28)27(30)10-4-3-5-18-32(2)19-7-9-22(29(35)36)8-6-17-31/h11,13-16,20,22-23,27,33-34H,3-10,12,17-19,21H2,1-2H3,(H,35,36)/t22?,23?,27-,30-/m1/s1. The van der Waals surface area contributed by atoms with Crippen molar-refractivity contribution >= 4 is 5.97 Å². The molecule has 2 unspecified atom stereocenters. The van der Waals surface area contributed by atoms with E-state index in [9.17, 15) is 24.5 Å². The Morgan fingerprint density at radius 2 is 1.92 bits per heavy atom. The van der Waals surface area contributed by atoms with Gasteiger partial charge in [0, 0.05) is 11.5 Å². The SMILES string of the molecule is CN(CCCCC[C@@H]1c2ccc(O)cc2OC[C@]1(C)C1C=CC(O)=CC1)CCCC(CCCF)C(=O)O. The molecule has 0 fully saturated rings. The smallest absolute Gasteiger partial charge is 0.306 e. The van der Waals surface area contributed by atoms with Crippen LogP contribution >= 0.6 is 0 Å². The molecule has 3 N–H and O–H groups in total. The topological polar surface area (TPSA) is 90.2 Å². The third-order valence-corrected chi connectivity index (χ3v) is 8.30. The number of hydrogen-bond donors (Lipinski definition) is 3. The van der Waals surface area contributed by atoms with Crippen molar-refractivity contribution in [3.8, 4) is 11.5 Å². The van der Waals surface area contributed by atoms with Crippen LogP contribution in [-0.4, -0.2) is 59.6 Å². The minimum Gasteiger partial charge on any atom is -0.508 e. The molecule has 0 bridgehead atoms. The molecule has 37 heavy (non-hydrogen) atoms. The molecule has 2 aliphatic rings. The lowest BCUT2D eigenvalue weighted by molar-refractivity contribution is -0.142. The number of ether oxygens (including phenoxy) is 1. The first-order valence-corrected chi connectivity index (χ1v) is 13.7. The molecule has 0 saturated carbocycles. The summed E-state index contributed by atoms with van der Waals surface area (Å²) in [5.41, 5.74) is 1.04. The lowest BCUT2D eigenvalue weighted by atomic mass is 9.61. The van der Waals surface area contributed by atoms with Crippen LogP contribution in [0.2, 0.25) is 0 Å². The normalized spacial score (nSPS) is 23.8. The zero-order valence-electron chi connectivity index (χ0n) is 22.4. The number of carboxylic acids is 1. The maximum absolute atomic E-state index is 12.4. The summed E-state index contributed by atoms with van der Waals surface area (Å²) in [5, 5.41) is 29.1. The summed E-state index contributed by atoms with van der Waals surface area (Å²) in [5.74, 6) is 0.598. The van der Waals surface area contributed by atoms with Crippen LogP contribution in [0.25, 0.3) is 0 Å². The third-order valence-electron chi connectivity index (χ3n) is 8.30. The van der Waals surface area contributed by atoms with Crippen molar-refractivity contribution in [1.29, 1.82) is 0 Å². The molecule has 0 amide bonds. The fourth-order valence-corrected chi connectivity index (χ4v) is 5.92. The number of aliphatic hydroxyl groups excluding tert-OH is 1. The molecule has 4 atom stereocenters. The highest BCUT2D eigenvalue weighted by atomic mass is 19.1. The Hall–Kier alpha value is -2.54. The number of aliphatic carboxylic acids is 1. The van der Waals surface area contributed by atoms with Crippen LogP contribution in [0, 0.1) is 17.3 Å². The molecule has 0 radical (unpaired) electrons. The number of carbonyl (C=O) groups is 1. The molecule has 0 saturated heterocycles. The predicted molar refractivity (Wildman–Crippen MR) is 144 cm³/mol. The lowest BCUT2D eigenvalue weighted by Gasteiger charge is -2.47. The highest BCUT2D eigenvalue weighted by Gasteiger charge is 2.45. The number of phenolic OH excluding ortho intramolecular Hbond substituents is 1. The summed E-state index contributed by atoms with van der Waals surface area (Å²) in [6.45, 7) is 4.21. The first-order valence-electron chi connectivity index (χ1n) is 13.7. The molecule has 1 aliphatic heterocycles. The number of aliphatic hydroxyl groups is 1. The van der Waals surface area contributed by atoms with Crippen LogP contribution in [0.5, 0.6) is 11.5 Å². The van der Waals surface area contributed by atoms with Crippen LogP contribution < -0.4 is 4.74 Å². The highest BCUT2D eigenvalue weighted by molar-refractivity contribution is 5.69. The van der Waals surface area contributed by atoms with Gasteiger partial charge in [0.25, 0.3) is 0 Å². The molecule has 0 spiro atoms. The summed E-state index contributed by atoms with van der Waals surface area (Å²) in [4.78, 5) is 13.6. The first kappa shape index (κ1) is 29.0. The summed E-state index contributed by atoms with van der Waals surface area (Å²) in [6, 6.07) is 5.45. The van der Waals surface area contributed by atoms with Crippen LogP contribution in [0.3, 0.4) is 0 Å². The van der Waals surface area contributed by atoms with Crippen LogP contribution in [0.15, 0.2) is 42.2 Å². The van der Waals surface area contributed by atoms with Gasteiger partial charge in [-0.2, -0.15) is 0 Å². The number of unbranched alkanes of at least 4 members (excludes halogenated alkanes) is 2. The molecule has 0 aromatic heterocycles. The Bertz CT molecular complexity index is 948. The van der Waals surface area contributed by atoms with E-state index in [2.05, 4.69) is 24.9 Å². The van der Waals surface area contributed by atoms with Crippen LogP contribution in [-0.2, 0) is 4.79 Å². The number of fused-ring (bicyclic) bond motifs is 1. The maximum atomic E-state index is 12.4. The second-order valence-electron chi connectivity index (χ2n) is 11.1. The van der Waals surface area contributed by atoms with E-state index in [1.54, 1.807) is 18.2 Å². The summed E-state index contributed by atoms with van der Waals surface area (Å²) in [7, 11) is 2.08. The van der Waals surface area contributed by atoms with Crippen LogP contribution in [0.1, 0.15) is 76.2 Å².